The summed E-state index contributed by atoms with van der Waals surface area (Å²) in [6.07, 6.45) is -0.0536. The van der Waals surface area contributed by atoms with Crippen LogP contribution in [0.4, 0.5) is 10.5 Å². The third-order valence-corrected chi connectivity index (χ3v) is 7.30. The van der Waals surface area contributed by atoms with Crippen molar-refractivity contribution in [3.8, 4) is 0 Å². The zero-order chi connectivity index (χ0) is 25.0. The van der Waals surface area contributed by atoms with E-state index in [2.05, 4.69) is 10.6 Å². The number of β-lactam (4-membered cyclic amide) rings is 1. The van der Waals surface area contributed by atoms with Gasteiger partial charge in [0.15, 0.2) is 9.84 Å². The molecule has 0 bridgehead atoms. The lowest BCUT2D eigenvalue weighted by Gasteiger charge is -2.49. The number of anilines is 1. The standard InChI is InChI=1S/C20H23N3O9S2/c1-34(30,31)7-6-32-20(29)21-13-5-3-2-4-11(13)8-14(25)22-15-17(26)23-16(19(27)28)12(9-24)10-33-18(15)23/h2-5,15,18,24H,6-10H2,1H3,(H,21,29)(H,22,25)(H,27,28)/t15-,18-/m1/s1. The topological polar surface area (TPSA) is 179 Å². The monoisotopic (exact) mass is 513 g/mol. The predicted octanol–water partition coefficient (Wildman–Crippen LogP) is -0.447. The molecule has 0 spiro atoms. The number of nitrogens with one attached hydrogen (secondary N) is 2. The number of carbonyl (C=O) groups excluding carboxylic acids is 3. The van der Waals surface area contributed by atoms with Gasteiger partial charge in [0.05, 0.1) is 18.8 Å². The van der Waals surface area contributed by atoms with Crippen LogP contribution in [0.1, 0.15) is 5.56 Å². The summed E-state index contributed by atoms with van der Waals surface area (Å²) in [5.74, 6) is -2.54. The number of sulfone groups is 1. The van der Waals surface area contributed by atoms with Crippen LogP contribution < -0.4 is 10.6 Å². The number of thioether (sulfide) groups is 1. The molecule has 12 nitrogen and oxygen atoms in total. The number of benzene rings is 1. The molecule has 1 aromatic rings. The van der Waals surface area contributed by atoms with E-state index in [0.717, 1.165) is 11.2 Å². The maximum absolute atomic E-state index is 12.6. The lowest BCUT2D eigenvalue weighted by atomic mass is 10.0. The average molecular weight is 514 g/mol. The average Bonchev–Trinajstić information content (AvgIpc) is 2.76. The van der Waals surface area contributed by atoms with E-state index in [1.54, 1.807) is 18.2 Å². The number of ether oxygens (including phenoxy) is 1. The van der Waals surface area contributed by atoms with E-state index >= 15 is 0 Å². The number of aliphatic hydroxyl groups is 1. The van der Waals surface area contributed by atoms with Crippen molar-refractivity contribution >= 4 is 51.2 Å². The minimum Gasteiger partial charge on any atom is -0.477 e. The molecule has 2 aliphatic rings. The number of carboxylic acids is 1. The molecule has 0 radical (unpaired) electrons. The molecule has 2 heterocycles. The van der Waals surface area contributed by atoms with E-state index in [4.69, 9.17) is 4.74 Å². The van der Waals surface area contributed by atoms with E-state index in [-0.39, 0.29) is 41.5 Å². The van der Waals surface area contributed by atoms with Crippen LogP contribution in [0, 0.1) is 0 Å². The fraction of sp³-hybridized carbons (Fsp3) is 0.400. The van der Waals surface area contributed by atoms with Crippen LogP contribution in [0.2, 0.25) is 0 Å². The van der Waals surface area contributed by atoms with Crippen molar-refractivity contribution in [2.24, 2.45) is 0 Å². The number of para-hydroxylation sites is 1. The van der Waals surface area contributed by atoms with Gasteiger partial charge in [0.1, 0.15) is 23.7 Å². The van der Waals surface area contributed by atoms with Crippen LogP contribution in [-0.2, 0) is 35.4 Å². The van der Waals surface area contributed by atoms with Gasteiger partial charge in [-0.05, 0) is 17.2 Å². The summed E-state index contributed by atoms with van der Waals surface area (Å²) >= 11 is 1.24. The number of nitrogens with zero attached hydrogens (tertiary/aromatic N) is 1. The Morgan fingerprint density at radius 2 is 1.97 bits per heavy atom. The molecule has 3 rings (SSSR count). The maximum Gasteiger partial charge on any atom is 0.411 e. The Labute approximate surface area is 199 Å². The Balaban J connectivity index is 1.60. The molecule has 1 aromatic carbocycles. The van der Waals surface area contributed by atoms with E-state index in [1.807, 2.05) is 0 Å². The normalized spacial score (nSPS) is 19.7. The first-order valence-corrected chi connectivity index (χ1v) is 13.1. The molecule has 14 heteroatoms. The SMILES string of the molecule is CS(=O)(=O)CCOC(=O)Nc1ccccc1CC(=O)N[C@@H]1C(=O)N2C(C(=O)O)=C(CO)CS[C@H]12. The van der Waals surface area contributed by atoms with Gasteiger partial charge in [-0.25, -0.2) is 18.0 Å². The summed E-state index contributed by atoms with van der Waals surface area (Å²) in [5.41, 5.74) is 0.675. The summed E-state index contributed by atoms with van der Waals surface area (Å²) in [6, 6.07) is 5.48. The third kappa shape index (κ3) is 5.87. The maximum atomic E-state index is 12.6. The molecule has 1 fully saturated rings. The Morgan fingerprint density at radius 1 is 1.26 bits per heavy atom. The Kier molecular flexibility index (Phi) is 7.84. The third-order valence-electron chi connectivity index (χ3n) is 5.05. The summed E-state index contributed by atoms with van der Waals surface area (Å²) < 4.78 is 27.1. The summed E-state index contributed by atoms with van der Waals surface area (Å²) in [4.78, 5) is 49.7. The molecule has 4 N–H and O–H groups in total. The van der Waals surface area contributed by atoms with Gasteiger partial charge in [-0.1, -0.05) is 18.2 Å². The highest BCUT2D eigenvalue weighted by molar-refractivity contribution is 8.00. The fourth-order valence-electron chi connectivity index (χ4n) is 3.43. The van der Waals surface area contributed by atoms with Gasteiger partial charge < -0.3 is 20.3 Å². The Morgan fingerprint density at radius 3 is 2.62 bits per heavy atom. The van der Waals surface area contributed by atoms with Crippen LogP contribution >= 0.6 is 11.8 Å². The largest absolute Gasteiger partial charge is 0.477 e. The highest BCUT2D eigenvalue weighted by Crippen LogP contribution is 2.40. The van der Waals surface area contributed by atoms with Gasteiger partial charge in [-0.2, -0.15) is 0 Å². The quantitative estimate of drug-likeness (QED) is 0.316. The lowest BCUT2D eigenvalue weighted by molar-refractivity contribution is -0.150. The lowest BCUT2D eigenvalue weighted by Crippen LogP contribution is -2.70. The number of carbonyl (C=O) groups is 4. The first-order chi connectivity index (χ1) is 16.0. The summed E-state index contributed by atoms with van der Waals surface area (Å²) in [7, 11) is -3.29. The van der Waals surface area contributed by atoms with E-state index in [1.165, 1.54) is 17.8 Å². The van der Waals surface area contributed by atoms with Crippen molar-refractivity contribution in [1.82, 2.24) is 10.2 Å². The van der Waals surface area contributed by atoms with Crippen LogP contribution in [0.3, 0.4) is 0 Å². The molecule has 1 saturated heterocycles. The van der Waals surface area contributed by atoms with E-state index < -0.39 is 51.7 Å². The molecule has 184 valence electrons. The van der Waals surface area contributed by atoms with Crippen molar-refractivity contribution < 1.29 is 42.5 Å². The van der Waals surface area contributed by atoms with Crippen LogP contribution in [-0.4, -0.2) is 89.8 Å². The number of amides is 3. The van der Waals surface area contributed by atoms with Gasteiger partial charge in [0.25, 0.3) is 5.91 Å². The number of carboxylic acid groups (broad SMARTS) is 1. The fourth-order valence-corrected chi connectivity index (χ4v) is 5.15. The second-order valence-electron chi connectivity index (χ2n) is 7.60. The van der Waals surface area contributed by atoms with Gasteiger partial charge in [-0.3, -0.25) is 19.8 Å². The van der Waals surface area contributed by atoms with Crippen molar-refractivity contribution in [2.45, 2.75) is 17.8 Å². The summed E-state index contributed by atoms with van der Waals surface area (Å²) in [5, 5.41) is 23.2. The highest BCUT2D eigenvalue weighted by Gasteiger charge is 2.54. The van der Waals surface area contributed by atoms with Crippen LogP contribution in [0.5, 0.6) is 0 Å². The Bertz CT molecular complexity index is 1150. The van der Waals surface area contributed by atoms with Crippen LogP contribution in [0.25, 0.3) is 0 Å². The van der Waals surface area contributed by atoms with E-state index in [0.29, 0.717) is 5.56 Å². The van der Waals surface area contributed by atoms with Crippen molar-refractivity contribution in [3.05, 3.63) is 41.1 Å². The number of hydrogen-bond donors (Lipinski definition) is 4. The molecule has 34 heavy (non-hydrogen) atoms. The molecule has 0 unspecified atom stereocenters. The van der Waals surface area contributed by atoms with Gasteiger partial charge in [-0.15, -0.1) is 11.8 Å². The molecule has 0 aromatic heterocycles. The first-order valence-electron chi connectivity index (χ1n) is 10.0. The molecule has 0 saturated carbocycles. The molecular weight excluding hydrogens is 490 g/mol. The second-order valence-corrected chi connectivity index (χ2v) is 11.0. The minimum atomic E-state index is -3.29. The summed E-state index contributed by atoms with van der Waals surface area (Å²) in [6.45, 7) is -0.805. The molecule has 0 aliphatic carbocycles. The number of fused-ring (bicyclic) bond motifs is 1. The van der Waals surface area contributed by atoms with Gasteiger partial charge in [0.2, 0.25) is 5.91 Å². The molecule has 2 aliphatic heterocycles. The van der Waals surface area contributed by atoms with Crippen molar-refractivity contribution in [3.63, 3.8) is 0 Å². The van der Waals surface area contributed by atoms with Crippen molar-refractivity contribution in [2.75, 3.05) is 36.3 Å². The smallest absolute Gasteiger partial charge is 0.411 e. The number of rotatable bonds is 9. The minimum absolute atomic E-state index is 0.190. The zero-order valence-corrected chi connectivity index (χ0v) is 19.6. The number of hydrogen-bond acceptors (Lipinski definition) is 9. The first kappa shape index (κ1) is 25.5. The van der Waals surface area contributed by atoms with Crippen molar-refractivity contribution in [1.29, 1.82) is 0 Å². The zero-order valence-electron chi connectivity index (χ0n) is 18.0. The highest BCUT2D eigenvalue weighted by atomic mass is 32.2. The molecule has 2 atom stereocenters. The second kappa shape index (κ2) is 10.4. The van der Waals surface area contributed by atoms with E-state index in [9.17, 15) is 37.8 Å². The molecular formula is C20H23N3O9S2. The molecule has 3 amide bonds. The number of aliphatic carboxylic acids is 1. The van der Waals surface area contributed by atoms with Gasteiger partial charge >= 0.3 is 12.1 Å². The predicted molar refractivity (Wildman–Crippen MR) is 122 cm³/mol. The Hall–Kier alpha value is -3.10. The van der Waals surface area contributed by atoms with Gasteiger partial charge in [0, 0.05) is 17.7 Å². The number of aliphatic hydroxyl groups excluding tert-OH is 1. The van der Waals surface area contributed by atoms with Crippen LogP contribution in [0.15, 0.2) is 35.5 Å².